The number of nitrogens with one attached hydrogen (secondary N) is 1. The molecular weight excluding hydrogens is 339 g/mol. The van der Waals surface area contributed by atoms with E-state index in [1.165, 1.54) is 12.1 Å². The second-order valence-corrected chi connectivity index (χ2v) is 4.90. The molecular formula is C13H15BrF3NO2. The van der Waals surface area contributed by atoms with E-state index >= 15 is 0 Å². The van der Waals surface area contributed by atoms with Gasteiger partial charge in [-0.25, -0.2) is 4.79 Å². The van der Waals surface area contributed by atoms with Crippen molar-refractivity contribution in [2.24, 2.45) is 0 Å². The van der Waals surface area contributed by atoms with Gasteiger partial charge in [0.2, 0.25) is 0 Å². The largest absolute Gasteiger partial charge is 0.464 e. The van der Waals surface area contributed by atoms with Crippen LogP contribution in [0.4, 0.5) is 18.9 Å². The predicted molar refractivity (Wildman–Crippen MR) is 73.5 cm³/mol. The monoisotopic (exact) mass is 353 g/mol. The quantitative estimate of drug-likeness (QED) is 0.805. The van der Waals surface area contributed by atoms with Crippen molar-refractivity contribution < 1.29 is 22.7 Å². The Bertz CT molecular complexity index is 477. The van der Waals surface area contributed by atoms with Crippen LogP contribution in [0, 0.1) is 0 Å². The summed E-state index contributed by atoms with van der Waals surface area (Å²) in [5.41, 5.74) is -0.568. The van der Waals surface area contributed by atoms with Crippen molar-refractivity contribution in [2.45, 2.75) is 32.5 Å². The molecule has 0 amide bonds. The third kappa shape index (κ3) is 4.40. The molecule has 0 bridgehead atoms. The molecule has 1 aromatic carbocycles. The van der Waals surface area contributed by atoms with Crippen LogP contribution in [0.5, 0.6) is 0 Å². The highest BCUT2D eigenvalue weighted by atomic mass is 79.9. The minimum atomic E-state index is -4.46. The van der Waals surface area contributed by atoms with Crippen LogP contribution in [0.15, 0.2) is 22.7 Å². The Morgan fingerprint density at radius 3 is 2.55 bits per heavy atom. The molecule has 1 aromatic rings. The van der Waals surface area contributed by atoms with Gasteiger partial charge in [-0.1, -0.05) is 22.9 Å². The fourth-order valence-electron chi connectivity index (χ4n) is 1.60. The summed E-state index contributed by atoms with van der Waals surface area (Å²) in [7, 11) is 0. The highest BCUT2D eigenvalue weighted by Gasteiger charge is 2.33. The zero-order valence-corrected chi connectivity index (χ0v) is 12.6. The van der Waals surface area contributed by atoms with E-state index in [4.69, 9.17) is 4.74 Å². The molecule has 0 saturated heterocycles. The van der Waals surface area contributed by atoms with Gasteiger partial charge in [-0.2, -0.15) is 13.2 Å². The van der Waals surface area contributed by atoms with Gasteiger partial charge in [0.15, 0.2) is 0 Å². The number of anilines is 1. The van der Waals surface area contributed by atoms with Gasteiger partial charge in [0.05, 0.1) is 12.2 Å². The Kier molecular flexibility index (Phi) is 5.86. The molecule has 0 saturated carbocycles. The van der Waals surface area contributed by atoms with Gasteiger partial charge in [-0.15, -0.1) is 0 Å². The third-order valence-electron chi connectivity index (χ3n) is 2.59. The highest BCUT2D eigenvalue weighted by Crippen LogP contribution is 2.36. The molecule has 0 radical (unpaired) electrons. The van der Waals surface area contributed by atoms with Crippen LogP contribution in [0.3, 0.4) is 0 Å². The van der Waals surface area contributed by atoms with Crippen LogP contribution in [0.25, 0.3) is 0 Å². The molecule has 0 aromatic heterocycles. The average Bonchev–Trinajstić information content (AvgIpc) is 2.36. The molecule has 3 nitrogen and oxygen atoms in total. The molecule has 1 rings (SSSR count). The molecule has 0 spiro atoms. The molecule has 0 aliphatic heterocycles. The van der Waals surface area contributed by atoms with Crippen LogP contribution in [0.1, 0.15) is 25.8 Å². The number of rotatable bonds is 5. The number of hydrogen-bond donors (Lipinski definition) is 1. The van der Waals surface area contributed by atoms with Gasteiger partial charge in [0.25, 0.3) is 0 Å². The van der Waals surface area contributed by atoms with E-state index in [-0.39, 0.29) is 16.8 Å². The molecule has 1 unspecified atom stereocenters. The number of halogens is 4. The first-order chi connectivity index (χ1) is 9.29. The van der Waals surface area contributed by atoms with Crippen molar-refractivity contribution in [1.82, 2.24) is 0 Å². The number of carbonyl (C=O) groups is 1. The Balaban J connectivity index is 2.95. The first-order valence-corrected chi connectivity index (χ1v) is 6.88. The number of ether oxygens (including phenoxy) is 1. The number of esters is 1. The van der Waals surface area contributed by atoms with Crippen LogP contribution in [-0.4, -0.2) is 18.6 Å². The summed E-state index contributed by atoms with van der Waals surface area (Å²) in [6.45, 7) is 3.65. The molecule has 0 aliphatic rings. The zero-order valence-electron chi connectivity index (χ0n) is 11.1. The Hall–Kier alpha value is -1.24. The van der Waals surface area contributed by atoms with Crippen molar-refractivity contribution in [3.63, 3.8) is 0 Å². The van der Waals surface area contributed by atoms with E-state index in [0.717, 1.165) is 6.07 Å². The number of alkyl halides is 3. The summed E-state index contributed by atoms with van der Waals surface area (Å²) in [6.07, 6.45) is -4.04. The number of hydrogen-bond acceptors (Lipinski definition) is 3. The molecule has 0 heterocycles. The summed E-state index contributed by atoms with van der Waals surface area (Å²) in [6, 6.07) is 3.06. The lowest BCUT2D eigenvalue weighted by Gasteiger charge is -2.18. The van der Waals surface area contributed by atoms with Gasteiger partial charge >= 0.3 is 12.1 Å². The maximum atomic E-state index is 12.8. The van der Waals surface area contributed by atoms with E-state index in [1.807, 2.05) is 0 Å². The number of carbonyl (C=O) groups excluding carboxylic acids is 1. The lowest BCUT2D eigenvalue weighted by atomic mass is 10.1. The third-order valence-corrected chi connectivity index (χ3v) is 3.28. The molecule has 0 aliphatic carbocycles. The first kappa shape index (κ1) is 16.8. The van der Waals surface area contributed by atoms with Gasteiger partial charge in [-0.05, 0) is 31.5 Å². The van der Waals surface area contributed by atoms with E-state index in [1.54, 1.807) is 13.8 Å². The summed E-state index contributed by atoms with van der Waals surface area (Å²) in [5.74, 6) is -0.480. The normalized spacial score (nSPS) is 12.9. The summed E-state index contributed by atoms with van der Waals surface area (Å²) < 4.78 is 43.1. The van der Waals surface area contributed by atoms with Gasteiger partial charge in [0, 0.05) is 10.2 Å². The van der Waals surface area contributed by atoms with E-state index in [9.17, 15) is 18.0 Å². The number of benzene rings is 1. The lowest BCUT2D eigenvalue weighted by molar-refractivity contribution is -0.144. The van der Waals surface area contributed by atoms with Crippen molar-refractivity contribution in [2.75, 3.05) is 11.9 Å². The van der Waals surface area contributed by atoms with Crippen LogP contribution in [-0.2, 0) is 15.7 Å². The van der Waals surface area contributed by atoms with Crippen LogP contribution in [0.2, 0.25) is 0 Å². The van der Waals surface area contributed by atoms with Crippen LogP contribution < -0.4 is 5.32 Å². The van der Waals surface area contributed by atoms with Crippen molar-refractivity contribution in [3.8, 4) is 0 Å². The Labute approximate surface area is 123 Å². The summed E-state index contributed by atoms with van der Waals surface area (Å²) in [4.78, 5) is 11.6. The predicted octanol–water partition coefficient (Wildman–Crippen LogP) is 4.22. The standard InChI is InChI=1S/C13H15BrF3NO2/c1-3-11(12(19)20-4-2)18-8-5-6-10(14)9(7-8)13(15,16)17/h5-7,11,18H,3-4H2,1-2H3. The molecule has 20 heavy (non-hydrogen) atoms. The maximum absolute atomic E-state index is 12.8. The average molecular weight is 354 g/mol. The van der Waals surface area contributed by atoms with E-state index in [0.29, 0.717) is 6.42 Å². The van der Waals surface area contributed by atoms with Gasteiger partial charge < -0.3 is 10.1 Å². The second-order valence-electron chi connectivity index (χ2n) is 4.05. The molecule has 112 valence electrons. The zero-order chi connectivity index (χ0) is 15.3. The maximum Gasteiger partial charge on any atom is 0.417 e. The molecule has 1 N–H and O–H groups in total. The fraction of sp³-hybridized carbons (Fsp3) is 0.462. The van der Waals surface area contributed by atoms with Crippen molar-refractivity contribution in [1.29, 1.82) is 0 Å². The van der Waals surface area contributed by atoms with Gasteiger partial charge in [-0.3, -0.25) is 0 Å². The topological polar surface area (TPSA) is 38.3 Å². The Morgan fingerprint density at radius 1 is 1.40 bits per heavy atom. The Morgan fingerprint density at radius 2 is 2.05 bits per heavy atom. The summed E-state index contributed by atoms with van der Waals surface area (Å²) >= 11 is 2.86. The second kappa shape index (κ2) is 6.97. The minimum absolute atomic E-state index is 0.0419. The molecule has 1 atom stereocenters. The van der Waals surface area contributed by atoms with E-state index < -0.39 is 23.8 Å². The van der Waals surface area contributed by atoms with Crippen molar-refractivity contribution in [3.05, 3.63) is 28.2 Å². The molecule has 0 fully saturated rings. The lowest BCUT2D eigenvalue weighted by Crippen LogP contribution is -2.30. The van der Waals surface area contributed by atoms with Gasteiger partial charge in [0.1, 0.15) is 6.04 Å². The molecule has 7 heteroatoms. The smallest absolute Gasteiger partial charge is 0.417 e. The SMILES string of the molecule is CCOC(=O)C(CC)Nc1ccc(Br)c(C(F)(F)F)c1. The fourth-order valence-corrected chi connectivity index (χ4v) is 2.08. The van der Waals surface area contributed by atoms with Crippen molar-refractivity contribution >= 4 is 27.6 Å². The highest BCUT2D eigenvalue weighted by molar-refractivity contribution is 9.10. The summed E-state index contributed by atoms with van der Waals surface area (Å²) in [5, 5.41) is 2.76. The minimum Gasteiger partial charge on any atom is -0.464 e. The van der Waals surface area contributed by atoms with E-state index in [2.05, 4.69) is 21.2 Å². The first-order valence-electron chi connectivity index (χ1n) is 6.09. The van der Waals surface area contributed by atoms with Crippen LogP contribution >= 0.6 is 15.9 Å².